The van der Waals surface area contributed by atoms with Crippen molar-refractivity contribution in [3.05, 3.63) is 63.9 Å². The maximum absolute atomic E-state index is 14.5. The van der Waals surface area contributed by atoms with Crippen molar-refractivity contribution in [1.29, 1.82) is 0 Å². The minimum absolute atomic E-state index is 0.0770. The summed E-state index contributed by atoms with van der Waals surface area (Å²) < 4.78 is 47.2. The van der Waals surface area contributed by atoms with Crippen molar-refractivity contribution >= 4 is 27.5 Å². The topological polar surface area (TPSA) is 72.5 Å². The van der Waals surface area contributed by atoms with Crippen LogP contribution in [0.4, 0.5) is 4.39 Å². The van der Waals surface area contributed by atoms with Crippen LogP contribution in [0.3, 0.4) is 0 Å². The monoisotopic (exact) mass is 465 g/mol. The first-order chi connectivity index (χ1) is 14.8. The molecule has 1 fully saturated rings. The number of rotatable bonds is 7. The van der Waals surface area contributed by atoms with Crippen molar-refractivity contribution < 1.29 is 22.3 Å². The van der Waals surface area contributed by atoms with Gasteiger partial charge in [0.05, 0.1) is 22.9 Å². The van der Waals surface area contributed by atoms with E-state index in [-0.39, 0.29) is 22.4 Å². The number of sulfonamides is 1. The summed E-state index contributed by atoms with van der Waals surface area (Å²) in [6.45, 7) is 0.447. The molecular formula is C23H25ClFNO4S. The van der Waals surface area contributed by atoms with Gasteiger partial charge in [0.1, 0.15) is 11.6 Å². The summed E-state index contributed by atoms with van der Waals surface area (Å²) in [4.78, 5) is 12.5. The summed E-state index contributed by atoms with van der Waals surface area (Å²) in [6.07, 6.45) is 5.75. The number of carbonyl (C=O) groups is 1. The van der Waals surface area contributed by atoms with E-state index >= 15 is 0 Å². The number of benzene rings is 2. The van der Waals surface area contributed by atoms with E-state index in [2.05, 4.69) is 0 Å². The Labute approximate surface area is 187 Å². The molecular weight excluding hydrogens is 441 g/mol. The zero-order valence-electron chi connectivity index (χ0n) is 17.1. The van der Waals surface area contributed by atoms with Crippen molar-refractivity contribution in [2.24, 2.45) is 11.8 Å². The predicted octanol–water partition coefficient (Wildman–Crippen LogP) is 4.52. The number of fused-ring (bicyclic) bond motifs is 1. The fourth-order valence-electron chi connectivity index (χ4n) is 4.51. The molecule has 0 aliphatic heterocycles. The lowest BCUT2D eigenvalue weighted by molar-refractivity contribution is 0.0977. The molecule has 0 radical (unpaired) electrons. The Kier molecular flexibility index (Phi) is 6.53. The van der Waals surface area contributed by atoms with E-state index in [1.54, 1.807) is 0 Å². The third kappa shape index (κ3) is 5.39. The SMILES string of the molecule is O=C(NS(=O)(=O)CC1Cc2ccccc2C1)c1cc(Cl)c(OCC2CCCC2)cc1F. The highest BCUT2D eigenvalue weighted by Gasteiger charge is 2.28. The van der Waals surface area contributed by atoms with Crippen LogP contribution in [0, 0.1) is 17.7 Å². The molecule has 166 valence electrons. The molecule has 0 unspecified atom stereocenters. The molecule has 0 heterocycles. The smallest absolute Gasteiger partial charge is 0.267 e. The van der Waals surface area contributed by atoms with Gasteiger partial charge in [0.2, 0.25) is 10.0 Å². The van der Waals surface area contributed by atoms with Crippen LogP contribution in [0.5, 0.6) is 5.75 Å². The van der Waals surface area contributed by atoms with E-state index in [9.17, 15) is 17.6 Å². The van der Waals surface area contributed by atoms with Gasteiger partial charge in [-0.2, -0.15) is 0 Å². The van der Waals surface area contributed by atoms with Gasteiger partial charge in [0.15, 0.2) is 0 Å². The van der Waals surface area contributed by atoms with Crippen LogP contribution < -0.4 is 9.46 Å². The molecule has 2 aliphatic rings. The number of carbonyl (C=O) groups excluding carboxylic acids is 1. The molecule has 0 spiro atoms. The fraction of sp³-hybridized carbons (Fsp3) is 0.435. The number of hydrogen-bond donors (Lipinski definition) is 1. The van der Waals surface area contributed by atoms with Crippen LogP contribution in [-0.4, -0.2) is 26.7 Å². The Morgan fingerprint density at radius 1 is 1.10 bits per heavy atom. The average Bonchev–Trinajstić information content (AvgIpc) is 3.36. The number of nitrogens with one attached hydrogen (secondary N) is 1. The molecule has 0 saturated heterocycles. The minimum Gasteiger partial charge on any atom is -0.492 e. The van der Waals surface area contributed by atoms with Crippen LogP contribution in [0.25, 0.3) is 0 Å². The summed E-state index contributed by atoms with van der Waals surface area (Å²) in [5, 5.41) is 0.0770. The first-order valence-electron chi connectivity index (χ1n) is 10.5. The van der Waals surface area contributed by atoms with Gasteiger partial charge in [-0.15, -0.1) is 0 Å². The third-order valence-electron chi connectivity index (χ3n) is 6.05. The minimum atomic E-state index is -3.93. The maximum atomic E-state index is 14.5. The molecule has 5 nitrogen and oxygen atoms in total. The van der Waals surface area contributed by atoms with Crippen LogP contribution in [0.1, 0.15) is 47.2 Å². The highest BCUT2D eigenvalue weighted by atomic mass is 35.5. The zero-order valence-corrected chi connectivity index (χ0v) is 18.6. The number of amides is 1. The van der Waals surface area contributed by atoms with Gasteiger partial charge in [-0.25, -0.2) is 17.5 Å². The molecule has 1 amide bonds. The molecule has 1 N–H and O–H groups in total. The van der Waals surface area contributed by atoms with Crippen LogP contribution >= 0.6 is 11.6 Å². The van der Waals surface area contributed by atoms with Gasteiger partial charge < -0.3 is 4.74 Å². The maximum Gasteiger partial charge on any atom is 0.267 e. The second kappa shape index (κ2) is 9.17. The lowest BCUT2D eigenvalue weighted by atomic mass is 10.1. The van der Waals surface area contributed by atoms with Gasteiger partial charge in [0.25, 0.3) is 5.91 Å². The van der Waals surface area contributed by atoms with Crippen LogP contribution in [-0.2, 0) is 22.9 Å². The molecule has 8 heteroatoms. The van der Waals surface area contributed by atoms with E-state index in [4.69, 9.17) is 16.3 Å². The first-order valence-corrected chi connectivity index (χ1v) is 12.6. The van der Waals surface area contributed by atoms with Crippen molar-refractivity contribution in [3.63, 3.8) is 0 Å². The average molecular weight is 466 g/mol. The second-order valence-electron chi connectivity index (χ2n) is 8.48. The largest absolute Gasteiger partial charge is 0.492 e. The molecule has 1 saturated carbocycles. The van der Waals surface area contributed by atoms with Crippen LogP contribution in [0.2, 0.25) is 5.02 Å². The van der Waals surface area contributed by atoms with E-state index in [0.29, 0.717) is 25.4 Å². The van der Waals surface area contributed by atoms with Crippen molar-refractivity contribution in [2.45, 2.75) is 38.5 Å². The van der Waals surface area contributed by atoms with Gasteiger partial charge >= 0.3 is 0 Å². The molecule has 2 aromatic rings. The molecule has 0 aromatic heterocycles. The zero-order chi connectivity index (χ0) is 22.0. The normalized spacial score (nSPS) is 17.0. The van der Waals surface area contributed by atoms with Gasteiger partial charge in [-0.1, -0.05) is 48.7 Å². The van der Waals surface area contributed by atoms with E-state index in [1.807, 2.05) is 29.0 Å². The van der Waals surface area contributed by atoms with Crippen LogP contribution in [0.15, 0.2) is 36.4 Å². The van der Waals surface area contributed by atoms with E-state index < -0.39 is 27.3 Å². The van der Waals surface area contributed by atoms with Gasteiger partial charge in [-0.05, 0) is 54.7 Å². The Balaban J connectivity index is 1.38. The molecule has 0 atom stereocenters. The van der Waals surface area contributed by atoms with Gasteiger partial charge in [-0.3, -0.25) is 4.79 Å². The molecule has 2 aliphatic carbocycles. The summed E-state index contributed by atoms with van der Waals surface area (Å²) in [5.41, 5.74) is 1.83. The number of hydrogen-bond acceptors (Lipinski definition) is 4. The lowest BCUT2D eigenvalue weighted by Gasteiger charge is -2.14. The third-order valence-corrected chi connectivity index (χ3v) is 7.76. The van der Waals surface area contributed by atoms with Crippen molar-refractivity contribution in [3.8, 4) is 5.75 Å². The fourth-order valence-corrected chi connectivity index (χ4v) is 6.06. The summed E-state index contributed by atoms with van der Waals surface area (Å²) in [5.74, 6) is -1.64. The Morgan fingerprint density at radius 2 is 1.74 bits per heavy atom. The summed E-state index contributed by atoms with van der Waals surface area (Å²) in [6, 6.07) is 9.97. The molecule has 31 heavy (non-hydrogen) atoms. The molecule has 0 bridgehead atoms. The highest BCUT2D eigenvalue weighted by Crippen LogP contribution is 2.31. The predicted molar refractivity (Wildman–Crippen MR) is 117 cm³/mol. The lowest BCUT2D eigenvalue weighted by Crippen LogP contribution is -2.35. The Morgan fingerprint density at radius 3 is 2.39 bits per heavy atom. The number of ether oxygens (including phenoxy) is 1. The van der Waals surface area contributed by atoms with Gasteiger partial charge in [0, 0.05) is 6.07 Å². The summed E-state index contributed by atoms with van der Waals surface area (Å²) >= 11 is 6.17. The standard InChI is InChI=1S/C23H25ClFNO4S/c24-20-11-19(21(25)12-22(20)30-13-15-5-1-2-6-15)23(27)26-31(28,29)14-16-9-17-7-3-4-8-18(17)10-16/h3-4,7-8,11-12,15-16H,1-2,5-6,9-10,13-14H2,(H,26,27). The van der Waals surface area contributed by atoms with Crippen molar-refractivity contribution in [1.82, 2.24) is 4.72 Å². The first kappa shape index (κ1) is 22.1. The van der Waals surface area contributed by atoms with E-state index in [0.717, 1.165) is 48.9 Å². The number of halogens is 2. The Bertz CT molecular complexity index is 1060. The molecule has 4 rings (SSSR count). The van der Waals surface area contributed by atoms with E-state index in [1.165, 1.54) is 0 Å². The summed E-state index contributed by atoms with van der Waals surface area (Å²) in [7, 11) is -3.93. The second-order valence-corrected chi connectivity index (χ2v) is 10.7. The Hall–Kier alpha value is -2.12. The highest BCUT2D eigenvalue weighted by molar-refractivity contribution is 7.90. The molecule has 2 aromatic carbocycles. The van der Waals surface area contributed by atoms with Crippen molar-refractivity contribution in [2.75, 3.05) is 12.4 Å². The quantitative estimate of drug-likeness (QED) is 0.652.